The third-order valence-electron chi connectivity index (χ3n) is 2.55. The Balaban J connectivity index is 2.14. The van der Waals surface area contributed by atoms with Crippen LogP contribution in [0.1, 0.15) is 11.1 Å². The monoisotopic (exact) mass is 270 g/mol. The molecule has 0 aliphatic rings. The maximum Gasteiger partial charge on any atom is 0.329 e. The van der Waals surface area contributed by atoms with Gasteiger partial charge in [0.1, 0.15) is 0 Å². The van der Waals surface area contributed by atoms with E-state index in [9.17, 15) is 4.79 Å². The van der Waals surface area contributed by atoms with E-state index in [1.54, 1.807) is 0 Å². The van der Waals surface area contributed by atoms with Crippen molar-refractivity contribution in [3.63, 3.8) is 0 Å². The molecule has 0 aromatic heterocycles. The second-order valence-corrected chi connectivity index (χ2v) is 5.00. The van der Waals surface area contributed by atoms with E-state index in [0.717, 1.165) is 16.2 Å². The molecule has 2 aromatic carbocycles. The van der Waals surface area contributed by atoms with Crippen LogP contribution >= 0.6 is 11.8 Å². The van der Waals surface area contributed by atoms with Crippen molar-refractivity contribution in [2.75, 3.05) is 0 Å². The Labute approximate surface area is 116 Å². The highest BCUT2D eigenvalue weighted by atomic mass is 32.2. The van der Waals surface area contributed by atoms with Gasteiger partial charge >= 0.3 is 5.97 Å². The molecule has 0 aliphatic heterocycles. The Bertz CT molecular complexity index is 562. The molecule has 0 saturated heterocycles. The molecule has 0 heterocycles. The minimum Gasteiger partial charge on any atom is -0.478 e. The second-order valence-electron chi connectivity index (χ2n) is 3.99. The van der Waals surface area contributed by atoms with Crippen molar-refractivity contribution in [2.24, 2.45) is 0 Å². The molecule has 0 amide bonds. The lowest BCUT2D eigenvalue weighted by Crippen LogP contribution is -1.91. The first kappa shape index (κ1) is 13.4. The number of rotatable bonds is 5. The number of carboxylic acids is 1. The number of aliphatic carboxylic acids is 1. The van der Waals surface area contributed by atoms with Gasteiger partial charge < -0.3 is 5.11 Å². The smallest absolute Gasteiger partial charge is 0.329 e. The van der Waals surface area contributed by atoms with E-state index < -0.39 is 5.97 Å². The summed E-state index contributed by atoms with van der Waals surface area (Å²) in [5, 5.41) is 8.95. The van der Waals surface area contributed by atoms with Crippen molar-refractivity contribution >= 4 is 22.6 Å². The van der Waals surface area contributed by atoms with Crippen molar-refractivity contribution in [3.8, 4) is 0 Å². The van der Waals surface area contributed by atoms with E-state index in [4.69, 9.17) is 5.11 Å². The molecule has 19 heavy (non-hydrogen) atoms. The zero-order valence-corrected chi connectivity index (χ0v) is 11.1. The summed E-state index contributed by atoms with van der Waals surface area (Å²) in [4.78, 5) is 11.7. The fourth-order valence-corrected chi connectivity index (χ4v) is 2.66. The fourth-order valence-electron chi connectivity index (χ4n) is 1.66. The number of hydrogen-bond donors (Lipinski definition) is 1. The number of carboxylic acid groups (broad SMARTS) is 1. The van der Waals surface area contributed by atoms with E-state index in [1.807, 2.05) is 60.7 Å². The molecular formula is C16H14O2S. The summed E-state index contributed by atoms with van der Waals surface area (Å²) in [5.74, 6) is -0.158. The van der Waals surface area contributed by atoms with Gasteiger partial charge in [0.2, 0.25) is 0 Å². The summed E-state index contributed by atoms with van der Waals surface area (Å²) in [7, 11) is 0. The highest BCUT2D eigenvalue weighted by Gasteiger charge is 2.05. The molecule has 2 aromatic rings. The summed E-state index contributed by atoms with van der Waals surface area (Å²) in [6.07, 6.45) is 1.27. The van der Waals surface area contributed by atoms with E-state index in [-0.39, 0.29) is 0 Å². The van der Waals surface area contributed by atoms with Gasteiger partial charge in [0.25, 0.3) is 0 Å². The largest absolute Gasteiger partial charge is 0.478 e. The summed E-state index contributed by atoms with van der Waals surface area (Å²) >= 11 is 1.54. The molecular weight excluding hydrogens is 256 g/mol. The molecule has 0 saturated carbocycles. The van der Waals surface area contributed by atoms with E-state index in [2.05, 4.69) is 0 Å². The molecule has 0 atom stereocenters. The highest BCUT2D eigenvalue weighted by molar-refractivity contribution is 8.07. The van der Waals surface area contributed by atoms with Crippen molar-refractivity contribution in [1.82, 2.24) is 0 Å². The first-order valence-electron chi connectivity index (χ1n) is 5.92. The molecule has 0 aliphatic carbocycles. The first-order chi connectivity index (χ1) is 9.25. The predicted octanol–water partition coefficient (Wildman–Crippen LogP) is 4.05. The zero-order valence-electron chi connectivity index (χ0n) is 10.3. The Morgan fingerprint density at radius 1 is 1.00 bits per heavy atom. The van der Waals surface area contributed by atoms with Gasteiger partial charge in [-0.15, -0.1) is 11.8 Å². The average Bonchev–Trinajstić information content (AvgIpc) is 2.45. The SMILES string of the molecule is O=C(O)/C=C(/SCc1ccccc1)c1ccccc1. The van der Waals surface area contributed by atoms with Crippen LogP contribution in [0.15, 0.2) is 66.7 Å². The predicted molar refractivity (Wildman–Crippen MR) is 79.8 cm³/mol. The molecule has 1 N–H and O–H groups in total. The summed E-state index contributed by atoms with van der Waals surface area (Å²) < 4.78 is 0. The fraction of sp³-hybridized carbons (Fsp3) is 0.0625. The lowest BCUT2D eigenvalue weighted by molar-refractivity contribution is -0.131. The normalized spacial score (nSPS) is 11.3. The second kappa shape index (κ2) is 6.81. The van der Waals surface area contributed by atoms with Crippen molar-refractivity contribution in [3.05, 3.63) is 77.9 Å². The molecule has 0 fully saturated rings. The molecule has 0 spiro atoms. The van der Waals surface area contributed by atoms with Gasteiger partial charge in [0.05, 0.1) is 0 Å². The number of benzene rings is 2. The maximum atomic E-state index is 10.9. The van der Waals surface area contributed by atoms with Gasteiger partial charge in [-0.1, -0.05) is 60.7 Å². The first-order valence-corrected chi connectivity index (χ1v) is 6.91. The molecule has 0 bridgehead atoms. The quantitative estimate of drug-likeness (QED) is 0.833. The van der Waals surface area contributed by atoms with Crippen LogP contribution in [-0.2, 0) is 10.5 Å². The number of carbonyl (C=O) groups is 1. The van der Waals surface area contributed by atoms with Gasteiger partial charge in [-0.2, -0.15) is 0 Å². The van der Waals surface area contributed by atoms with E-state index in [1.165, 1.54) is 23.4 Å². The molecule has 0 unspecified atom stereocenters. The third kappa shape index (κ3) is 4.30. The maximum absolute atomic E-state index is 10.9. The summed E-state index contributed by atoms with van der Waals surface area (Å²) in [6.45, 7) is 0. The average molecular weight is 270 g/mol. The van der Waals surface area contributed by atoms with Gasteiger partial charge in [0.15, 0.2) is 0 Å². The van der Waals surface area contributed by atoms with Crippen LogP contribution in [0.4, 0.5) is 0 Å². The van der Waals surface area contributed by atoms with Crippen LogP contribution in [0.3, 0.4) is 0 Å². The Morgan fingerprint density at radius 3 is 2.16 bits per heavy atom. The lowest BCUT2D eigenvalue weighted by atomic mass is 10.2. The van der Waals surface area contributed by atoms with Gasteiger partial charge in [0, 0.05) is 16.7 Å². The standard InChI is InChI=1S/C16H14O2S/c17-16(18)11-15(14-9-5-2-6-10-14)19-12-13-7-3-1-4-8-13/h1-11H,12H2,(H,17,18)/b15-11+. The van der Waals surface area contributed by atoms with Crippen LogP contribution in [0.5, 0.6) is 0 Å². The van der Waals surface area contributed by atoms with Gasteiger partial charge in [-0.25, -0.2) is 4.79 Å². The molecule has 2 nitrogen and oxygen atoms in total. The molecule has 0 radical (unpaired) electrons. The number of thioether (sulfide) groups is 1. The molecule has 2 rings (SSSR count). The lowest BCUT2D eigenvalue weighted by Gasteiger charge is -2.07. The molecule has 96 valence electrons. The Kier molecular flexibility index (Phi) is 4.81. The van der Waals surface area contributed by atoms with Crippen LogP contribution in [-0.4, -0.2) is 11.1 Å². The minimum atomic E-state index is -0.917. The summed E-state index contributed by atoms with van der Waals surface area (Å²) in [5.41, 5.74) is 2.12. The summed E-state index contributed by atoms with van der Waals surface area (Å²) in [6, 6.07) is 19.6. The Morgan fingerprint density at radius 2 is 1.58 bits per heavy atom. The molecule has 3 heteroatoms. The van der Waals surface area contributed by atoms with Crippen LogP contribution < -0.4 is 0 Å². The van der Waals surface area contributed by atoms with Crippen molar-refractivity contribution in [2.45, 2.75) is 5.75 Å². The Hall–Kier alpha value is -2.00. The van der Waals surface area contributed by atoms with Gasteiger partial charge in [-0.3, -0.25) is 0 Å². The zero-order chi connectivity index (χ0) is 13.5. The van der Waals surface area contributed by atoms with Crippen LogP contribution in [0.25, 0.3) is 4.91 Å². The van der Waals surface area contributed by atoms with Crippen molar-refractivity contribution < 1.29 is 9.90 Å². The van der Waals surface area contributed by atoms with E-state index in [0.29, 0.717) is 0 Å². The van der Waals surface area contributed by atoms with Gasteiger partial charge in [-0.05, 0) is 11.1 Å². The van der Waals surface area contributed by atoms with E-state index >= 15 is 0 Å². The van der Waals surface area contributed by atoms with Crippen molar-refractivity contribution in [1.29, 1.82) is 0 Å². The van der Waals surface area contributed by atoms with Crippen LogP contribution in [0, 0.1) is 0 Å². The minimum absolute atomic E-state index is 0.759. The third-order valence-corrected chi connectivity index (χ3v) is 3.69. The van der Waals surface area contributed by atoms with Crippen LogP contribution in [0.2, 0.25) is 0 Å². The number of hydrogen-bond acceptors (Lipinski definition) is 2. The topological polar surface area (TPSA) is 37.3 Å². The highest BCUT2D eigenvalue weighted by Crippen LogP contribution is 2.30.